The molecule has 1 rings (SSSR count). The van der Waals surface area contributed by atoms with E-state index in [1.54, 1.807) is 0 Å². The fourth-order valence-electron chi connectivity index (χ4n) is 2.01. The number of hydrogen-bond acceptors (Lipinski definition) is 3. The maximum Gasteiger partial charge on any atom is 0.309 e. The molecule has 0 saturated heterocycles. The molecule has 5 nitrogen and oxygen atoms in total. The summed E-state index contributed by atoms with van der Waals surface area (Å²) >= 11 is 0. The van der Waals surface area contributed by atoms with Crippen LogP contribution in [0, 0.1) is 5.92 Å². The van der Waals surface area contributed by atoms with Gasteiger partial charge in [-0.15, -0.1) is 0 Å². The first-order chi connectivity index (χ1) is 7.65. The molecular weight excluding hydrogens is 208 g/mol. The number of carbonyl (C=O) groups is 2. The molecule has 1 aliphatic rings. The summed E-state index contributed by atoms with van der Waals surface area (Å²) in [5, 5.41) is 13.6. The highest BCUT2D eigenvalue weighted by Crippen LogP contribution is 2.23. The van der Waals surface area contributed by atoms with Crippen molar-refractivity contribution in [2.24, 2.45) is 5.92 Å². The van der Waals surface area contributed by atoms with Crippen LogP contribution in [-0.2, 0) is 9.59 Å². The summed E-state index contributed by atoms with van der Waals surface area (Å²) in [6.07, 6.45) is 4.35. The van der Waals surface area contributed by atoms with Gasteiger partial charge in [0.1, 0.15) is 0 Å². The number of carbonyl (C=O) groups excluding carboxylic acids is 2. The molecule has 1 fully saturated rings. The molecule has 0 bridgehead atoms. The molecule has 3 N–H and O–H groups in total. The van der Waals surface area contributed by atoms with Crippen LogP contribution >= 0.6 is 0 Å². The smallest absolute Gasteiger partial charge is 0.309 e. The Morgan fingerprint density at radius 1 is 1.25 bits per heavy atom. The van der Waals surface area contributed by atoms with Crippen LogP contribution in [-0.4, -0.2) is 36.1 Å². The molecule has 0 spiro atoms. The second kappa shape index (κ2) is 6.48. The monoisotopic (exact) mass is 228 g/mol. The summed E-state index contributed by atoms with van der Waals surface area (Å²) in [5.74, 6) is -0.817. The van der Waals surface area contributed by atoms with E-state index in [-0.39, 0.29) is 19.2 Å². The summed E-state index contributed by atoms with van der Waals surface area (Å²) in [7, 11) is 0. The van der Waals surface area contributed by atoms with Crippen LogP contribution in [0.5, 0.6) is 0 Å². The second-order valence-corrected chi connectivity index (χ2v) is 4.32. The normalized spacial score (nSPS) is 24.9. The highest BCUT2D eigenvalue weighted by Gasteiger charge is 2.25. The Morgan fingerprint density at radius 3 is 2.56 bits per heavy atom. The number of aliphatic hydroxyl groups excluding tert-OH is 1. The third-order valence-corrected chi connectivity index (χ3v) is 3.03. The van der Waals surface area contributed by atoms with E-state index in [2.05, 4.69) is 17.6 Å². The fraction of sp³-hybridized carbons (Fsp3) is 0.818. The number of amides is 2. The number of hydrogen-bond donors (Lipinski definition) is 3. The minimum atomic E-state index is -0.660. The standard InChI is InChI=1S/C11H20N2O3/c1-8-4-2-3-5-9(8)13-11(16)10(15)12-6-7-14/h8-9,14H,2-7H2,1H3,(H,12,15)(H,13,16)/t8-,9-/m0/s1. The van der Waals surface area contributed by atoms with Gasteiger partial charge in [0, 0.05) is 12.6 Å². The predicted octanol–water partition coefficient (Wildman–Crippen LogP) is -0.210. The molecule has 1 saturated carbocycles. The lowest BCUT2D eigenvalue weighted by molar-refractivity contribution is -0.140. The summed E-state index contributed by atoms with van der Waals surface area (Å²) in [5.41, 5.74) is 0. The second-order valence-electron chi connectivity index (χ2n) is 4.32. The van der Waals surface area contributed by atoms with E-state index < -0.39 is 11.8 Å². The quantitative estimate of drug-likeness (QED) is 0.585. The van der Waals surface area contributed by atoms with Crippen LogP contribution in [0.25, 0.3) is 0 Å². The van der Waals surface area contributed by atoms with Crippen molar-refractivity contribution in [2.45, 2.75) is 38.6 Å². The van der Waals surface area contributed by atoms with Gasteiger partial charge in [0.15, 0.2) is 0 Å². The van der Waals surface area contributed by atoms with E-state index in [4.69, 9.17) is 5.11 Å². The van der Waals surface area contributed by atoms with E-state index in [1.165, 1.54) is 6.42 Å². The molecular formula is C11H20N2O3. The fourth-order valence-corrected chi connectivity index (χ4v) is 2.01. The average Bonchev–Trinajstić information content (AvgIpc) is 2.28. The maximum atomic E-state index is 11.5. The van der Waals surface area contributed by atoms with Gasteiger partial charge in [-0.2, -0.15) is 0 Å². The summed E-state index contributed by atoms with van der Waals surface area (Å²) in [4.78, 5) is 22.7. The molecule has 0 aliphatic heterocycles. The third kappa shape index (κ3) is 3.81. The molecule has 0 heterocycles. The Kier molecular flexibility index (Phi) is 5.25. The SMILES string of the molecule is C[C@H]1CCCC[C@@H]1NC(=O)C(=O)NCCO. The average molecular weight is 228 g/mol. The maximum absolute atomic E-state index is 11.5. The lowest BCUT2D eigenvalue weighted by Gasteiger charge is -2.29. The van der Waals surface area contributed by atoms with Crippen molar-refractivity contribution in [2.75, 3.05) is 13.2 Å². The van der Waals surface area contributed by atoms with Crippen LogP contribution < -0.4 is 10.6 Å². The topological polar surface area (TPSA) is 78.4 Å². The van der Waals surface area contributed by atoms with Crippen molar-refractivity contribution in [3.8, 4) is 0 Å². The van der Waals surface area contributed by atoms with Gasteiger partial charge in [-0.1, -0.05) is 19.8 Å². The minimum Gasteiger partial charge on any atom is -0.395 e. The van der Waals surface area contributed by atoms with E-state index in [0.29, 0.717) is 5.92 Å². The molecule has 0 aromatic carbocycles. The molecule has 1 aliphatic carbocycles. The highest BCUT2D eigenvalue weighted by molar-refractivity contribution is 6.35. The van der Waals surface area contributed by atoms with Crippen molar-refractivity contribution in [3.05, 3.63) is 0 Å². The molecule has 0 aromatic rings. The summed E-state index contributed by atoms with van der Waals surface area (Å²) in [6, 6.07) is 0.112. The lowest BCUT2D eigenvalue weighted by Crippen LogP contribution is -2.48. The van der Waals surface area contributed by atoms with Crippen LogP contribution in [0.15, 0.2) is 0 Å². The number of nitrogens with one attached hydrogen (secondary N) is 2. The van der Waals surface area contributed by atoms with Gasteiger partial charge < -0.3 is 15.7 Å². The highest BCUT2D eigenvalue weighted by atomic mass is 16.3. The zero-order valence-corrected chi connectivity index (χ0v) is 9.66. The Hall–Kier alpha value is -1.10. The number of aliphatic hydroxyl groups is 1. The van der Waals surface area contributed by atoms with Crippen molar-refractivity contribution in [1.29, 1.82) is 0 Å². The lowest BCUT2D eigenvalue weighted by atomic mass is 9.86. The van der Waals surface area contributed by atoms with E-state index in [9.17, 15) is 9.59 Å². The first-order valence-corrected chi connectivity index (χ1v) is 5.84. The van der Waals surface area contributed by atoms with Gasteiger partial charge in [-0.05, 0) is 18.8 Å². The van der Waals surface area contributed by atoms with Gasteiger partial charge in [0.25, 0.3) is 0 Å². The first kappa shape index (κ1) is 13.0. The zero-order valence-electron chi connectivity index (χ0n) is 9.66. The Bertz CT molecular complexity index is 256. The molecule has 92 valence electrons. The van der Waals surface area contributed by atoms with Gasteiger partial charge in [0.2, 0.25) is 0 Å². The van der Waals surface area contributed by atoms with Gasteiger partial charge in [-0.3, -0.25) is 9.59 Å². The van der Waals surface area contributed by atoms with Crippen molar-refractivity contribution < 1.29 is 14.7 Å². The zero-order chi connectivity index (χ0) is 12.0. The Morgan fingerprint density at radius 2 is 1.94 bits per heavy atom. The van der Waals surface area contributed by atoms with Gasteiger partial charge >= 0.3 is 11.8 Å². The number of rotatable bonds is 3. The minimum absolute atomic E-state index is 0.112. The van der Waals surface area contributed by atoms with Gasteiger partial charge in [0.05, 0.1) is 6.61 Å². The van der Waals surface area contributed by atoms with Gasteiger partial charge in [-0.25, -0.2) is 0 Å². The molecule has 2 atom stereocenters. The van der Waals surface area contributed by atoms with Crippen LogP contribution in [0.1, 0.15) is 32.6 Å². The van der Waals surface area contributed by atoms with E-state index in [0.717, 1.165) is 19.3 Å². The van der Waals surface area contributed by atoms with Crippen molar-refractivity contribution in [3.63, 3.8) is 0 Å². The Labute approximate surface area is 95.6 Å². The van der Waals surface area contributed by atoms with Crippen LogP contribution in [0.4, 0.5) is 0 Å². The first-order valence-electron chi connectivity index (χ1n) is 5.84. The largest absolute Gasteiger partial charge is 0.395 e. The predicted molar refractivity (Wildman–Crippen MR) is 59.7 cm³/mol. The molecule has 2 amide bonds. The van der Waals surface area contributed by atoms with E-state index in [1.807, 2.05) is 0 Å². The van der Waals surface area contributed by atoms with E-state index >= 15 is 0 Å². The third-order valence-electron chi connectivity index (χ3n) is 3.03. The van der Waals surface area contributed by atoms with Crippen molar-refractivity contribution >= 4 is 11.8 Å². The molecule has 0 aromatic heterocycles. The molecule has 16 heavy (non-hydrogen) atoms. The summed E-state index contributed by atoms with van der Waals surface area (Å²) in [6.45, 7) is 2.06. The van der Waals surface area contributed by atoms with Crippen molar-refractivity contribution in [1.82, 2.24) is 10.6 Å². The Balaban J connectivity index is 2.34. The molecule has 0 unspecified atom stereocenters. The van der Waals surface area contributed by atoms with Crippen LogP contribution in [0.3, 0.4) is 0 Å². The van der Waals surface area contributed by atoms with Crippen LogP contribution in [0.2, 0.25) is 0 Å². The molecule has 5 heteroatoms. The summed E-state index contributed by atoms with van der Waals surface area (Å²) < 4.78 is 0. The molecule has 0 radical (unpaired) electrons.